The first kappa shape index (κ1) is 12.4. The summed E-state index contributed by atoms with van der Waals surface area (Å²) in [5.74, 6) is 0. The van der Waals surface area contributed by atoms with Gasteiger partial charge in [-0.15, -0.1) is 0 Å². The molecule has 3 aromatic rings. The summed E-state index contributed by atoms with van der Waals surface area (Å²) in [7, 11) is 0. The number of hydrogen-bond donors (Lipinski definition) is 1. The van der Waals surface area contributed by atoms with Crippen LogP contribution in [0.1, 0.15) is 12.6 Å². The molecule has 0 aliphatic rings. The van der Waals surface area contributed by atoms with Crippen molar-refractivity contribution in [2.45, 2.75) is 20.0 Å². The average molecular weight is 294 g/mol. The molecule has 1 aromatic carbocycles. The van der Waals surface area contributed by atoms with Crippen LogP contribution in [0.2, 0.25) is 5.02 Å². The summed E-state index contributed by atoms with van der Waals surface area (Å²) in [5, 5.41) is 8.23. The number of rotatable bonds is 4. The second-order valence-electron chi connectivity index (χ2n) is 4.05. The Bertz CT molecular complexity index is 705. The number of nitrogens with one attached hydrogen (secondary N) is 1. The lowest BCUT2D eigenvalue weighted by molar-refractivity contribution is 0.628. The molecule has 2 heterocycles. The predicted molar refractivity (Wildman–Crippen MR) is 77.7 cm³/mol. The Morgan fingerprint density at radius 2 is 2.21 bits per heavy atom. The maximum atomic E-state index is 6.23. The van der Waals surface area contributed by atoms with E-state index in [2.05, 4.69) is 26.1 Å². The van der Waals surface area contributed by atoms with Crippen molar-refractivity contribution in [3.8, 4) is 0 Å². The molecule has 0 radical (unpaired) electrons. The Kier molecular flexibility index (Phi) is 3.35. The minimum atomic E-state index is 0.655. The molecule has 0 amide bonds. The van der Waals surface area contributed by atoms with E-state index in [-0.39, 0.29) is 0 Å². The van der Waals surface area contributed by atoms with E-state index in [4.69, 9.17) is 11.6 Å². The van der Waals surface area contributed by atoms with Crippen molar-refractivity contribution in [2.24, 2.45) is 0 Å². The normalized spacial score (nSPS) is 11.1. The molecule has 0 bridgehead atoms. The third kappa shape index (κ3) is 2.29. The van der Waals surface area contributed by atoms with E-state index in [9.17, 15) is 0 Å². The summed E-state index contributed by atoms with van der Waals surface area (Å²) < 4.78 is 10.4. The maximum Gasteiger partial charge on any atom is 0.129 e. The fourth-order valence-electron chi connectivity index (χ4n) is 1.97. The third-order valence-corrected chi connectivity index (χ3v) is 3.78. The molecule has 98 valence electrons. The van der Waals surface area contributed by atoms with Gasteiger partial charge in [0, 0.05) is 12.7 Å². The number of aryl methyl sites for hydroxylation is 1. The first-order valence-corrected chi connectivity index (χ1v) is 7.05. The van der Waals surface area contributed by atoms with Crippen LogP contribution in [-0.2, 0) is 13.1 Å². The highest BCUT2D eigenvalue weighted by molar-refractivity contribution is 7.00. The Labute approximate surface area is 119 Å². The molecular formula is C12H12ClN5S. The van der Waals surface area contributed by atoms with Gasteiger partial charge in [0.15, 0.2) is 0 Å². The Hall–Kier alpha value is -1.66. The van der Waals surface area contributed by atoms with E-state index in [0.29, 0.717) is 11.6 Å². The quantitative estimate of drug-likeness (QED) is 0.803. The van der Waals surface area contributed by atoms with E-state index in [1.54, 1.807) is 6.20 Å². The number of hydrogen-bond acceptors (Lipinski definition) is 5. The summed E-state index contributed by atoms with van der Waals surface area (Å²) >= 11 is 7.42. The molecule has 5 nitrogen and oxygen atoms in total. The monoisotopic (exact) mass is 293 g/mol. The lowest BCUT2D eigenvalue weighted by Crippen LogP contribution is -2.08. The number of nitrogens with zero attached hydrogens (tertiary/aromatic N) is 4. The number of anilines is 1. The molecule has 0 atom stereocenters. The van der Waals surface area contributed by atoms with Crippen LogP contribution in [0.5, 0.6) is 0 Å². The topological polar surface area (TPSA) is 55.6 Å². The molecule has 7 heteroatoms. The van der Waals surface area contributed by atoms with Gasteiger partial charge >= 0.3 is 0 Å². The summed E-state index contributed by atoms with van der Waals surface area (Å²) in [6.45, 7) is 3.57. The second kappa shape index (κ2) is 5.14. The zero-order chi connectivity index (χ0) is 13.2. The van der Waals surface area contributed by atoms with Gasteiger partial charge in [-0.1, -0.05) is 11.6 Å². The molecule has 3 rings (SSSR count). The minimum absolute atomic E-state index is 0.655. The number of halogens is 1. The van der Waals surface area contributed by atoms with Gasteiger partial charge in [-0.3, -0.25) is 4.68 Å². The van der Waals surface area contributed by atoms with Gasteiger partial charge in [0.1, 0.15) is 11.0 Å². The molecule has 0 unspecified atom stereocenters. The zero-order valence-electron chi connectivity index (χ0n) is 10.3. The summed E-state index contributed by atoms with van der Waals surface area (Å²) in [5.41, 5.74) is 3.62. The van der Waals surface area contributed by atoms with Crippen LogP contribution < -0.4 is 5.32 Å². The molecule has 0 aliphatic heterocycles. The van der Waals surface area contributed by atoms with Crippen molar-refractivity contribution in [3.05, 3.63) is 35.1 Å². The molecule has 0 aliphatic carbocycles. The van der Waals surface area contributed by atoms with Gasteiger partial charge in [-0.2, -0.15) is 13.8 Å². The van der Waals surface area contributed by atoms with Gasteiger partial charge in [0.2, 0.25) is 0 Å². The van der Waals surface area contributed by atoms with E-state index >= 15 is 0 Å². The van der Waals surface area contributed by atoms with Crippen LogP contribution in [0.4, 0.5) is 5.69 Å². The van der Waals surface area contributed by atoms with Crippen molar-refractivity contribution in [2.75, 3.05) is 5.32 Å². The van der Waals surface area contributed by atoms with Gasteiger partial charge in [0.05, 0.1) is 34.7 Å². The lowest BCUT2D eigenvalue weighted by atomic mass is 10.2. The summed E-state index contributed by atoms with van der Waals surface area (Å²) in [6.07, 6.45) is 1.80. The van der Waals surface area contributed by atoms with Crippen molar-refractivity contribution < 1.29 is 0 Å². The van der Waals surface area contributed by atoms with Crippen LogP contribution in [0.3, 0.4) is 0 Å². The van der Waals surface area contributed by atoms with Crippen LogP contribution in [-0.4, -0.2) is 18.5 Å². The van der Waals surface area contributed by atoms with Crippen molar-refractivity contribution >= 4 is 40.0 Å². The van der Waals surface area contributed by atoms with Crippen molar-refractivity contribution in [1.29, 1.82) is 0 Å². The summed E-state index contributed by atoms with van der Waals surface area (Å²) in [4.78, 5) is 0. The third-order valence-electron chi connectivity index (χ3n) is 2.93. The molecule has 0 saturated heterocycles. The molecule has 0 spiro atoms. The molecular weight excluding hydrogens is 282 g/mol. The van der Waals surface area contributed by atoms with E-state index in [0.717, 1.165) is 29.0 Å². The standard InChI is InChI=1S/C12H12ClN5S/c1-2-18-8(5-6-15-18)7-14-11-9(13)3-4-10-12(11)17-19-16-10/h3-6,14H,2,7H2,1H3. The van der Waals surface area contributed by atoms with Gasteiger partial charge in [0.25, 0.3) is 0 Å². The Morgan fingerprint density at radius 3 is 3.05 bits per heavy atom. The van der Waals surface area contributed by atoms with Gasteiger partial charge in [-0.25, -0.2) is 0 Å². The summed E-state index contributed by atoms with van der Waals surface area (Å²) in [6, 6.07) is 5.71. The van der Waals surface area contributed by atoms with Gasteiger partial charge in [-0.05, 0) is 25.1 Å². The predicted octanol–water partition coefficient (Wildman–Crippen LogP) is 3.17. The van der Waals surface area contributed by atoms with Crippen molar-refractivity contribution in [1.82, 2.24) is 18.5 Å². The molecule has 2 aromatic heterocycles. The first-order valence-electron chi connectivity index (χ1n) is 5.95. The van der Waals surface area contributed by atoms with Gasteiger partial charge < -0.3 is 5.32 Å². The average Bonchev–Trinajstić information content (AvgIpc) is 3.05. The molecule has 1 N–H and O–H groups in total. The fraction of sp³-hybridized carbons (Fsp3) is 0.250. The first-order chi connectivity index (χ1) is 9.29. The highest BCUT2D eigenvalue weighted by Crippen LogP contribution is 2.30. The Morgan fingerprint density at radius 1 is 1.32 bits per heavy atom. The second-order valence-corrected chi connectivity index (χ2v) is 4.98. The molecule has 0 fully saturated rings. The van der Waals surface area contributed by atoms with Crippen LogP contribution in [0.15, 0.2) is 24.4 Å². The minimum Gasteiger partial charge on any atom is -0.376 e. The maximum absolute atomic E-state index is 6.23. The van der Waals surface area contributed by atoms with Crippen molar-refractivity contribution in [3.63, 3.8) is 0 Å². The van der Waals surface area contributed by atoms with E-state index in [1.807, 2.05) is 22.9 Å². The number of fused-ring (bicyclic) bond motifs is 1. The lowest BCUT2D eigenvalue weighted by Gasteiger charge is -2.09. The molecule has 19 heavy (non-hydrogen) atoms. The van der Waals surface area contributed by atoms with Crippen LogP contribution in [0, 0.1) is 0 Å². The SMILES string of the molecule is CCn1nccc1CNc1c(Cl)ccc2nsnc12. The highest BCUT2D eigenvalue weighted by atomic mass is 35.5. The number of benzene rings is 1. The Balaban J connectivity index is 1.89. The smallest absolute Gasteiger partial charge is 0.129 e. The van der Waals surface area contributed by atoms with Crippen LogP contribution in [0.25, 0.3) is 11.0 Å². The molecule has 0 saturated carbocycles. The van der Waals surface area contributed by atoms with Crippen LogP contribution >= 0.6 is 23.3 Å². The highest BCUT2D eigenvalue weighted by Gasteiger charge is 2.10. The van der Waals surface area contributed by atoms with E-state index in [1.165, 1.54) is 11.7 Å². The van der Waals surface area contributed by atoms with E-state index < -0.39 is 0 Å². The fourth-order valence-corrected chi connectivity index (χ4v) is 2.73. The largest absolute Gasteiger partial charge is 0.376 e. The zero-order valence-corrected chi connectivity index (χ0v) is 11.9. The number of aromatic nitrogens is 4.